The number of carbonyl (C=O) groups is 1. The van der Waals surface area contributed by atoms with Crippen LogP contribution < -0.4 is 11.0 Å². The lowest BCUT2D eigenvalue weighted by Gasteiger charge is -2.06. The summed E-state index contributed by atoms with van der Waals surface area (Å²) in [4.78, 5) is 27.9. The number of rotatable bonds is 3. The standard InChI is InChI=1S/C14H13N5O2/c1-2-12(20)17-18-9-15-13-11(14(18)21)8-16-19(13)10-6-4-3-5-7-10/h3-9H,2H2,1H3,(H,17,20). The van der Waals surface area contributed by atoms with E-state index < -0.39 is 0 Å². The normalized spacial score (nSPS) is 10.7. The van der Waals surface area contributed by atoms with E-state index in [9.17, 15) is 9.59 Å². The Morgan fingerprint density at radius 3 is 2.76 bits per heavy atom. The molecule has 106 valence electrons. The predicted octanol–water partition coefficient (Wildman–Crippen LogP) is 1.06. The lowest BCUT2D eigenvalue weighted by molar-refractivity contribution is -0.116. The number of benzene rings is 1. The van der Waals surface area contributed by atoms with E-state index in [0.29, 0.717) is 11.0 Å². The van der Waals surface area contributed by atoms with Gasteiger partial charge in [-0.2, -0.15) is 5.10 Å². The molecule has 1 aromatic carbocycles. The third-order valence-electron chi connectivity index (χ3n) is 3.06. The Hall–Kier alpha value is -2.96. The largest absolute Gasteiger partial charge is 0.283 e. The van der Waals surface area contributed by atoms with Crippen LogP contribution >= 0.6 is 0 Å². The van der Waals surface area contributed by atoms with Gasteiger partial charge < -0.3 is 0 Å². The highest BCUT2D eigenvalue weighted by Crippen LogP contribution is 2.12. The van der Waals surface area contributed by atoms with Gasteiger partial charge in [-0.3, -0.25) is 15.0 Å². The van der Waals surface area contributed by atoms with E-state index in [1.807, 2.05) is 30.3 Å². The van der Waals surface area contributed by atoms with Crippen molar-refractivity contribution in [1.29, 1.82) is 0 Å². The molecule has 0 aliphatic carbocycles. The molecule has 0 spiro atoms. The molecule has 3 aromatic rings. The fourth-order valence-electron chi connectivity index (χ4n) is 1.96. The molecule has 7 heteroatoms. The highest BCUT2D eigenvalue weighted by atomic mass is 16.2. The molecule has 0 fully saturated rings. The number of nitrogens with one attached hydrogen (secondary N) is 1. The molecule has 0 radical (unpaired) electrons. The van der Waals surface area contributed by atoms with Crippen molar-refractivity contribution in [3.63, 3.8) is 0 Å². The van der Waals surface area contributed by atoms with Crippen LogP contribution in [0, 0.1) is 0 Å². The Kier molecular flexibility index (Phi) is 3.23. The maximum atomic E-state index is 12.3. The maximum absolute atomic E-state index is 12.3. The molecule has 2 aromatic heterocycles. The van der Waals surface area contributed by atoms with Crippen molar-refractivity contribution in [1.82, 2.24) is 19.4 Å². The summed E-state index contributed by atoms with van der Waals surface area (Å²) in [5, 5.41) is 4.54. The zero-order chi connectivity index (χ0) is 14.8. The van der Waals surface area contributed by atoms with Crippen LogP contribution in [0.25, 0.3) is 16.7 Å². The number of carbonyl (C=O) groups excluding carboxylic acids is 1. The Bertz CT molecular complexity index is 851. The van der Waals surface area contributed by atoms with Crippen LogP contribution in [0.5, 0.6) is 0 Å². The molecule has 1 N–H and O–H groups in total. The quantitative estimate of drug-likeness (QED) is 0.779. The first kappa shape index (κ1) is 13.0. The van der Waals surface area contributed by atoms with Gasteiger partial charge in [0.25, 0.3) is 5.56 Å². The van der Waals surface area contributed by atoms with Crippen LogP contribution in [-0.2, 0) is 4.79 Å². The summed E-state index contributed by atoms with van der Waals surface area (Å²) >= 11 is 0. The zero-order valence-corrected chi connectivity index (χ0v) is 11.4. The average Bonchev–Trinajstić information content (AvgIpc) is 2.95. The molecular formula is C14H13N5O2. The number of aromatic nitrogens is 4. The summed E-state index contributed by atoms with van der Waals surface area (Å²) in [6, 6.07) is 9.41. The first-order valence-electron chi connectivity index (χ1n) is 6.51. The van der Waals surface area contributed by atoms with E-state index in [4.69, 9.17) is 0 Å². The summed E-state index contributed by atoms with van der Waals surface area (Å²) in [7, 11) is 0. The van der Waals surface area contributed by atoms with Crippen LogP contribution in [-0.4, -0.2) is 25.3 Å². The fraction of sp³-hybridized carbons (Fsp3) is 0.143. The first-order chi connectivity index (χ1) is 10.2. The van der Waals surface area contributed by atoms with Crippen LogP contribution in [0.15, 0.2) is 47.7 Å². The Morgan fingerprint density at radius 2 is 2.05 bits per heavy atom. The average molecular weight is 283 g/mol. The molecule has 0 aliphatic rings. The van der Waals surface area contributed by atoms with Crippen molar-refractivity contribution in [2.75, 3.05) is 5.43 Å². The number of hydrogen-bond donors (Lipinski definition) is 1. The van der Waals surface area contributed by atoms with Crippen molar-refractivity contribution in [2.24, 2.45) is 0 Å². The summed E-state index contributed by atoms with van der Waals surface area (Å²) in [5.41, 5.74) is 3.38. The van der Waals surface area contributed by atoms with E-state index in [-0.39, 0.29) is 17.9 Å². The van der Waals surface area contributed by atoms with Crippen LogP contribution in [0.4, 0.5) is 0 Å². The van der Waals surface area contributed by atoms with Crippen molar-refractivity contribution < 1.29 is 4.79 Å². The maximum Gasteiger partial charge on any atom is 0.283 e. The van der Waals surface area contributed by atoms with Gasteiger partial charge in [0.15, 0.2) is 5.65 Å². The molecule has 0 saturated carbocycles. The van der Waals surface area contributed by atoms with E-state index in [1.54, 1.807) is 11.6 Å². The number of nitrogens with zero attached hydrogens (tertiary/aromatic N) is 4. The van der Waals surface area contributed by atoms with Crippen LogP contribution in [0.3, 0.4) is 0 Å². The second-order valence-electron chi connectivity index (χ2n) is 4.44. The minimum absolute atomic E-state index is 0.256. The highest BCUT2D eigenvalue weighted by Gasteiger charge is 2.11. The predicted molar refractivity (Wildman–Crippen MR) is 77.8 cm³/mol. The molecule has 0 atom stereocenters. The van der Waals surface area contributed by atoms with Gasteiger partial charge in [0.1, 0.15) is 11.7 Å². The Morgan fingerprint density at radius 1 is 1.29 bits per heavy atom. The molecule has 0 aliphatic heterocycles. The van der Waals surface area contributed by atoms with Gasteiger partial charge in [-0.1, -0.05) is 25.1 Å². The summed E-state index contributed by atoms with van der Waals surface area (Å²) in [5.74, 6) is -0.256. The summed E-state index contributed by atoms with van der Waals surface area (Å²) < 4.78 is 2.66. The SMILES string of the molecule is CCC(=O)Nn1cnc2c(cnn2-c2ccccc2)c1=O. The lowest BCUT2D eigenvalue weighted by atomic mass is 10.3. The molecule has 2 heterocycles. The van der Waals surface area contributed by atoms with Gasteiger partial charge in [-0.05, 0) is 12.1 Å². The number of para-hydroxylation sites is 1. The van der Waals surface area contributed by atoms with Gasteiger partial charge in [0.2, 0.25) is 5.91 Å². The Balaban J connectivity index is 2.11. The van der Waals surface area contributed by atoms with Crippen molar-refractivity contribution >= 4 is 16.9 Å². The zero-order valence-electron chi connectivity index (χ0n) is 11.4. The monoisotopic (exact) mass is 283 g/mol. The highest BCUT2D eigenvalue weighted by molar-refractivity contribution is 5.83. The molecule has 0 saturated heterocycles. The van der Waals surface area contributed by atoms with Crippen LogP contribution in [0.2, 0.25) is 0 Å². The molecule has 0 unspecified atom stereocenters. The number of amides is 1. The van der Waals surface area contributed by atoms with E-state index in [2.05, 4.69) is 15.5 Å². The first-order valence-corrected chi connectivity index (χ1v) is 6.51. The minimum atomic E-state index is -0.357. The third-order valence-corrected chi connectivity index (χ3v) is 3.06. The molecule has 1 amide bonds. The second-order valence-corrected chi connectivity index (χ2v) is 4.44. The minimum Gasteiger partial charge on any atom is -0.273 e. The molecular weight excluding hydrogens is 270 g/mol. The van der Waals surface area contributed by atoms with E-state index in [0.717, 1.165) is 10.4 Å². The summed E-state index contributed by atoms with van der Waals surface area (Å²) in [6.45, 7) is 1.71. The second kappa shape index (κ2) is 5.20. The van der Waals surface area contributed by atoms with Gasteiger partial charge in [-0.25, -0.2) is 14.3 Å². The van der Waals surface area contributed by atoms with Gasteiger partial charge in [0.05, 0.1) is 11.9 Å². The van der Waals surface area contributed by atoms with E-state index >= 15 is 0 Å². The van der Waals surface area contributed by atoms with Gasteiger partial charge in [-0.15, -0.1) is 0 Å². The topological polar surface area (TPSA) is 81.8 Å². The van der Waals surface area contributed by atoms with Crippen molar-refractivity contribution in [2.45, 2.75) is 13.3 Å². The molecule has 21 heavy (non-hydrogen) atoms. The van der Waals surface area contributed by atoms with Crippen LogP contribution in [0.1, 0.15) is 13.3 Å². The molecule has 7 nitrogen and oxygen atoms in total. The number of hydrogen-bond acceptors (Lipinski definition) is 4. The third kappa shape index (κ3) is 2.29. The number of fused-ring (bicyclic) bond motifs is 1. The smallest absolute Gasteiger partial charge is 0.273 e. The summed E-state index contributed by atoms with van der Waals surface area (Å²) in [6.07, 6.45) is 3.03. The van der Waals surface area contributed by atoms with Gasteiger partial charge >= 0.3 is 0 Å². The Labute approximate surface area is 119 Å². The molecule has 3 rings (SSSR count). The molecule has 0 bridgehead atoms. The lowest BCUT2D eigenvalue weighted by Crippen LogP contribution is -2.32. The van der Waals surface area contributed by atoms with Crippen molar-refractivity contribution in [3.8, 4) is 5.69 Å². The fourth-order valence-corrected chi connectivity index (χ4v) is 1.96. The van der Waals surface area contributed by atoms with E-state index in [1.165, 1.54) is 12.5 Å². The van der Waals surface area contributed by atoms with Gasteiger partial charge in [0, 0.05) is 6.42 Å². The van der Waals surface area contributed by atoms with Crippen molar-refractivity contribution in [3.05, 3.63) is 53.2 Å².